The maximum absolute atomic E-state index is 15.0. The molecular formula is C59H80BrN9O18. The molecule has 3 aromatic carbocycles. The maximum Gasteiger partial charge on any atom is 0.329 e. The number of benzene rings is 3. The number of hydrogen-bond donors (Lipinski definition) is 14. The van der Waals surface area contributed by atoms with Crippen LogP contribution in [0.15, 0.2) is 71.2 Å². The number of nitrogens with one attached hydrogen (secondary N) is 7. The molecule has 0 aromatic heterocycles. The van der Waals surface area contributed by atoms with Crippen molar-refractivity contribution in [3.8, 4) is 17.2 Å². The maximum atomic E-state index is 15.0. The van der Waals surface area contributed by atoms with E-state index in [1.54, 1.807) is 26.0 Å². The Labute approximate surface area is 511 Å². The summed E-state index contributed by atoms with van der Waals surface area (Å²) in [6, 6.07) is 1.72. The number of halogens is 1. The van der Waals surface area contributed by atoms with Crippen LogP contribution in [0.1, 0.15) is 90.8 Å². The van der Waals surface area contributed by atoms with Gasteiger partial charge in [0.1, 0.15) is 84.0 Å². The van der Waals surface area contributed by atoms with Crippen molar-refractivity contribution in [1.29, 1.82) is 0 Å². The van der Waals surface area contributed by atoms with Crippen LogP contribution in [0.5, 0.6) is 17.2 Å². The number of fused-ring (bicyclic) bond motifs is 2. The summed E-state index contributed by atoms with van der Waals surface area (Å²) >= 11 is 3.25. The first kappa shape index (κ1) is 69.8. The molecule has 0 aliphatic carbocycles. The average Bonchev–Trinajstić information content (AvgIpc) is 1.35. The SMILES string of the molecule is CC(C)[C@H](NC(=O)[C@H](C)NC(=O)[C@H](CCCc1ccc(O)cc1)NC(=O)[C@H](O)CO)C(=O)N[C@@H]1C(=O)N[C@@H](Cc2ccc(O)cc2)C(=O)N[C@H]2CC[C@@H](O)N(C2=O)[C@@H]([C@H](C)O)C(=O)N(C)[C@@H](Cc2ccc(O)c(Br)c2)C(=O)N[C@@H](C(C)C)C(=O)O[C@@H]1C. The van der Waals surface area contributed by atoms with E-state index in [1.807, 2.05) is 0 Å². The molecule has 3 aromatic rings. The minimum absolute atomic E-state index is 0.0139. The van der Waals surface area contributed by atoms with E-state index < -0.39 is 156 Å². The Morgan fingerprint density at radius 1 is 0.713 bits per heavy atom. The summed E-state index contributed by atoms with van der Waals surface area (Å²) in [4.78, 5) is 145. The number of carbonyl (C=O) groups excluding carboxylic acids is 10. The van der Waals surface area contributed by atoms with Crippen molar-refractivity contribution in [1.82, 2.24) is 47.0 Å². The Hall–Kier alpha value is -7.92. The minimum Gasteiger partial charge on any atom is -0.508 e. The fourth-order valence-corrected chi connectivity index (χ4v) is 10.3. The van der Waals surface area contributed by atoms with Crippen LogP contribution in [0.2, 0.25) is 0 Å². The molecule has 87 heavy (non-hydrogen) atoms. The molecule has 2 heterocycles. The Bertz CT molecular complexity index is 2950. The molecule has 476 valence electrons. The first-order chi connectivity index (χ1) is 40.9. The Morgan fingerprint density at radius 2 is 1.32 bits per heavy atom. The zero-order chi connectivity index (χ0) is 64.7. The molecule has 14 N–H and O–H groups in total. The van der Waals surface area contributed by atoms with E-state index in [0.29, 0.717) is 28.9 Å². The lowest BCUT2D eigenvalue weighted by Crippen LogP contribution is -2.67. The molecule has 0 unspecified atom stereocenters. The van der Waals surface area contributed by atoms with Gasteiger partial charge in [0.05, 0.1) is 17.2 Å². The lowest BCUT2D eigenvalue weighted by Gasteiger charge is -2.43. The molecule has 2 aliphatic heterocycles. The van der Waals surface area contributed by atoms with Gasteiger partial charge in [0, 0.05) is 19.9 Å². The van der Waals surface area contributed by atoms with Crippen molar-refractivity contribution in [2.75, 3.05) is 13.7 Å². The van der Waals surface area contributed by atoms with E-state index >= 15 is 0 Å². The van der Waals surface area contributed by atoms with Gasteiger partial charge in [0.2, 0.25) is 47.3 Å². The molecule has 2 bridgehead atoms. The number of aliphatic hydroxyl groups is 4. The number of nitrogens with zero attached hydrogens (tertiary/aromatic N) is 2. The van der Waals surface area contributed by atoms with Gasteiger partial charge in [-0.1, -0.05) is 58.0 Å². The van der Waals surface area contributed by atoms with Gasteiger partial charge in [0.25, 0.3) is 5.91 Å². The third-order valence-corrected chi connectivity index (χ3v) is 15.7. The number of ether oxygens (including phenoxy) is 1. The van der Waals surface area contributed by atoms with Crippen LogP contribution in [0.3, 0.4) is 0 Å². The number of aliphatic hydroxyl groups excluding tert-OH is 4. The number of likely N-dealkylation sites (N-methyl/N-ethyl adjacent to an activating group) is 1. The summed E-state index contributed by atoms with van der Waals surface area (Å²) in [5.74, 6) is -12.1. The van der Waals surface area contributed by atoms with Gasteiger partial charge in [-0.15, -0.1) is 0 Å². The number of hydrogen-bond acceptors (Lipinski definition) is 18. The second-order valence-electron chi connectivity index (χ2n) is 22.6. The summed E-state index contributed by atoms with van der Waals surface area (Å²) in [7, 11) is 1.21. The first-order valence-electron chi connectivity index (χ1n) is 28.5. The van der Waals surface area contributed by atoms with Gasteiger partial charge >= 0.3 is 5.97 Å². The quantitative estimate of drug-likeness (QED) is 0.0598. The molecule has 0 spiro atoms. The number of carbonyl (C=O) groups is 10. The predicted molar refractivity (Wildman–Crippen MR) is 314 cm³/mol. The van der Waals surface area contributed by atoms with Crippen LogP contribution in [0.4, 0.5) is 0 Å². The summed E-state index contributed by atoms with van der Waals surface area (Å²) in [6.45, 7) is 8.92. The highest BCUT2D eigenvalue weighted by atomic mass is 79.9. The topological polar surface area (TPSA) is 412 Å². The molecule has 27 nitrogen and oxygen atoms in total. The highest BCUT2D eigenvalue weighted by Crippen LogP contribution is 2.28. The molecule has 2 fully saturated rings. The van der Waals surface area contributed by atoms with Gasteiger partial charge < -0.3 is 87.5 Å². The number of rotatable bonds is 20. The largest absolute Gasteiger partial charge is 0.508 e. The number of phenolic OH excluding ortho intramolecular Hbond substituents is 3. The van der Waals surface area contributed by atoms with Crippen molar-refractivity contribution in [2.24, 2.45) is 11.8 Å². The van der Waals surface area contributed by atoms with Gasteiger partial charge in [-0.3, -0.25) is 43.2 Å². The predicted octanol–water partition coefficient (Wildman–Crippen LogP) is -1.08. The lowest BCUT2D eigenvalue weighted by atomic mass is 9.96. The van der Waals surface area contributed by atoms with E-state index in [1.165, 1.54) is 96.3 Å². The summed E-state index contributed by atoms with van der Waals surface area (Å²) in [6.07, 6.45) is -7.36. The fourth-order valence-electron chi connectivity index (χ4n) is 9.89. The van der Waals surface area contributed by atoms with Gasteiger partial charge in [-0.25, -0.2) is 4.79 Å². The number of aryl methyl sites for hydroxylation is 1. The van der Waals surface area contributed by atoms with Crippen LogP contribution < -0.4 is 37.2 Å². The molecular weight excluding hydrogens is 1200 g/mol. The van der Waals surface area contributed by atoms with Crippen LogP contribution in [-0.2, 0) is 71.9 Å². The zero-order valence-electron chi connectivity index (χ0n) is 49.6. The third-order valence-electron chi connectivity index (χ3n) is 15.1. The number of piperidine rings is 1. The number of cyclic esters (lactones) is 1. The minimum atomic E-state index is -1.93. The fraction of sp³-hybridized carbons (Fsp3) is 0.525. The van der Waals surface area contributed by atoms with E-state index in [0.717, 1.165) is 10.5 Å². The monoisotopic (exact) mass is 1280 g/mol. The van der Waals surface area contributed by atoms with E-state index in [4.69, 9.17) is 4.74 Å². The highest BCUT2D eigenvalue weighted by molar-refractivity contribution is 9.10. The van der Waals surface area contributed by atoms with Gasteiger partial charge in [0.15, 0.2) is 6.10 Å². The second kappa shape index (κ2) is 31.6. The second-order valence-corrected chi connectivity index (χ2v) is 23.4. The summed E-state index contributed by atoms with van der Waals surface area (Å²) < 4.78 is 6.15. The first-order valence-corrected chi connectivity index (χ1v) is 29.3. The van der Waals surface area contributed by atoms with E-state index in [-0.39, 0.29) is 53.8 Å². The zero-order valence-corrected chi connectivity index (χ0v) is 51.1. The van der Waals surface area contributed by atoms with Crippen LogP contribution in [0.25, 0.3) is 0 Å². The summed E-state index contributed by atoms with van der Waals surface area (Å²) in [5, 5.41) is 89.9. The van der Waals surface area contributed by atoms with Gasteiger partial charge in [-0.2, -0.15) is 0 Å². The number of esters is 1. The van der Waals surface area contributed by atoms with Crippen molar-refractivity contribution in [2.45, 2.75) is 172 Å². The molecule has 9 amide bonds. The molecule has 13 atom stereocenters. The Balaban J connectivity index is 1.52. The third kappa shape index (κ3) is 19.0. The van der Waals surface area contributed by atoms with E-state index in [2.05, 4.69) is 53.1 Å². The molecule has 5 rings (SSSR count). The van der Waals surface area contributed by atoms with Crippen LogP contribution >= 0.6 is 15.9 Å². The number of aromatic hydroxyl groups is 3. The Morgan fingerprint density at radius 3 is 1.90 bits per heavy atom. The molecule has 28 heteroatoms. The molecule has 0 saturated carbocycles. The Kier molecular flexibility index (Phi) is 25.4. The highest BCUT2D eigenvalue weighted by Gasteiger charge is 2.47. The van der Waals surface area contributed by atoms with Crippen molar-refractivity contribution in [3.63, 3.8) is 0 Å². The van der Waals surface area contributed by atoms with Crippen LogP contribution in [0, 0.1) is 11.8 Å². The normalized spacial score (nSPS) is 23.5. The molecule has 0 radical (unpaired) electrons. The summed E-state index contributed by atoms with van der Waals surface area (Å²) in [5.41, 5.74) is 1.53. The molecule has 2 aliphatic rings. The number of phenols is 3. The van der Waals surface area contributed by atoms with E-state index in [9.17, 15) is 83.7 Å². The number of amides is 9. The van der Waals surface area contributed by atoms with Crippen molar-refractivity contribution >= 4 is 75.1 Å². The van der Waals surface area contributed by atoms with Gasteiger partial charge in [-0.05, 0) is 134 Å². The van der Waals surface area contributed by atoms with Crippen LogP contribution in [-0.4, -0.2) is 197 Å². The molecule has 2 saturated heterocycles. The average molecular weight is 1280 g/mol. The standard InChI is InChI=1S/C59H80BrN9O18/c1-28(2)46(65-50(77)30(5)61-51(78)39(62-54(81)44(75)27-70)11-9-10-33-12-17-36(72)18-13-33)55(82)67-48-32(7)87-59(86)47(29(3)4)66-53(80)42(26-35-16-22-43(74)38(60)24-35)68(8)58(85)49(31(6)71)69-45(76)23-21-40(57(69)84)63-52(79)41(64-56(48)83)25-34-14-19-37(73)20-15-34/h12-20,22,24,28-32,39-42,44-49,70-76H,9-11,21,23,25-27H2,1-8H3,(H,61,78)(H,62,81)(H,63,79)(H,64,83)(H,65,77)(H,66,80)(H,67,82)/t30-,31-,32+,39-,40-,41-,42-,44+,45+,46-,47-,48-,49-/m0/s1. The smallest absolute Gasteiger partial charge is 0.329 e. The van der Waals surface area contributed by atoms with Crippen molar-refractivity contribution < 1.29 is 88.4 Å². The van der Waals surface area contributed by atoms with Crippen molar-refractivity contribution in [3.05, 3.63) is 87.9 Å². The lowest BCUT2D eigenvalue weighted by molar-refractivity contribution is -0.170.